The first kappa shape index (κ1) is 35.0. The molecule has 1 atom stereocenters. The molecule has 8 nitrogen and oxygen atoms in total. The second-order valence-corrected chi connectivity index (χ2v) is 14.9. The second kappa shape index (κ2) is 15.2. The van der Waals surface area contributed by atoms with Crippen molar-refractivity contribution in [1.29, 1.82) is 0 Å². The van der Waals surface area contributed by atoms with Crippen molar-refractivity contribution in [3.63, 3.8) is 0 Å². The average Bonchev–Trinajstić information content (AvgIpc) is 3.02. The van der Waals surface area contributed by atoms with Crippen LogP contribution in [0.4, 0.5) is 5.69 Å². The highest BCUT2D eigenvalue weighted by Gasteiger charge is 2.35. The van der Waals surface area contributed by atoms with Gasteiger partial charge in [-0.2, -0.15) is 0 Å². The van der Waals surface area contributed by atoms with Gasteiger partial charge >= 0.3 is 0 Å². The summed E-state index contributed by atoms with van der Waals surface area (Å²) in [6, 6.07) is 28.3. The molecule has 0 saturated carbocycles. The number of carbonyl (C=O) groups excluding carboxylic acids is 2. The molecule has 2 amide bonds. The molecule has 0 spiro atoms. The fourth-order valence-corrected chi connectivity index (χ4v) is 6.80. The molecule has 46 heavy (non-hydrogen) atoms. The predicted molar refractivity (Wildman–Crippen MR) is 185 cm³/mol. The van der Waals surface area contributed by atoms with Crippen LogP contribution in [-0.4, -0.2) is 50.4 Å². The van der Waals surface area contributed by atoms with Crippen LogP contribution in [0, 0.1) is 0 Å². The summed E-state index contributed by atoms with van der Waals surface area (Å²) in [6.07, 6.45) is 0.213. The monoisotopic (exact) mass is 725 g/mol. The Morgan fingerprint density at radius 2 is 1.50 bits per heavy atom. The number of nitrogens with one attached hydrogen (secondary N) is 1. The number of ether oxygens (including phenoxy) is 1. The van der Waals surface area contributed by atoms with Gasteiger partial charge in [-0.25, -0.2) is 8.42 Å². The Labute approximate surface area is 284 Å². The molecule has 0 radical (unpaired) electrons. The van der Waals surface area contributed by atoms with Crippen LogP contribution in [0.2, 0.25) is 5.02 Å². The maximum atomic E-state index is 14.6. The van der Waals surface area contributed by atoms with E-state index in [-0.39, 0.29) is 34.5 Å². The number of hydrogen-bond donors (Lipinski definition) is 1. The highest BCUT2D eigenvalue weighted by Crippen LogP contribution is 2.32. The summed E-state index contributed by atoms with van der Waals surface area (Å²) >= 11 is 9.88. The van der Waals surface area contributed by atoms with Crippen LogP contribution in [-0.2, 0) is 32.6 Å². The molecule has 0 heterocycles. The number of anilines is 1. The van der Waals surface area contributed by atoms with Crippen molar-refractivity contribution >= 4 is 55.1 Å². The van der Waals surface area contributed by atoms with Gasteiger partial charge in [0.25, 0.3) is 10.0 Å². The van der Waals surface area contributed by atoms with Gasteiger partial charge in [0.05, 0.1) is 22.7 Å². The summed E-state index contributed by atoms with van der Waals surface area (Å²) in [5.74, 6) is -0.571. The number of methoxy groups -OCH3 is 1. The van der Waals surface area contributed by atoms with Crippen LogP contribution in [0.25, 0.3) is 0 Å². The molecule has 4 aromatic carbocycles. The molecule has 0 bridgehead atoms. The molecule has 0 aliphatic heterocycles. The van der Waals surface area contributed by atoms with Crippen LogP contribution in [0.1, 0.15) is 31.9 Å². The largest absolute Gasteiger partial charge is 0.495 e. The molecular weight excluding hydrogens is 690 g/mol. The molecule has 242 valence electrons. The van der Waals surface area contributed by atoms with Crippen molar-refractivity contribution in [2.75, 3.05) is 18.0 Å². The summed E-state index contributed by atoms with van der Waals surface area (Å²) in [7, 11) is -2.79. The molecule has 0 fully saturated rings. The van der Waals surface area contributed by atoms with Crippen molar-refractivity contribution in [2.24, 2.45) is 0 Å². The Kier molecular flexibility index (Phi) is 11.5. The third-order valence-electron chi connectivity index (χ3n) is 7.07. The molecular formula is C35H37BrClN3O5S. The van der Waals surface area contributed by atoms with Gasteiger partial charge in [0.2, 0.25) is 11.8 Å². The van der Waals surface area contributed by atoms with E-state index in [9.17, 15) is 18.0 Å². The molecule has 1 N–H and O–H groups in total. The smallest absolute Gasteiger partial charge is 0.264 e. The summed E-state index contributed by atoms with van der Waals surface area (Å²) < 4.78 is 35.4. The normalized spacial score (nSPS) is 12.2. The highest BCUT2D eigenvalue weighted by molar-refractivity contribution is 9.10. The lowest BCUT2D eigenvalue weighted by Crippen LogP contribution is -2.56. The van der Waals surface area contributed by atoms with E-state index < -0.39 is 34.1 Å². The van der Waals surface area contributed by atoms with E-state index in [4.69, 9.17) is 16.3 Å². The quantitative estimate of drug-likeness (QED) is 0.172. The molecule has 0 aliphatic rings. The first-order chi connectivity index (χ1) is 21.8. The summed E-state index contributed by atoms with van der Waals surface area (Å²) in [6.45, 7) is 5.07. The van der Waals surface area contributed by atoms with E-state index in [2.05, 4.69) is 21.2 Å². The summed E-state index contributed by atoms with van der Waals surface area (Å²) in [4.78, 5) is 30.0. The first-order valence-corrected chi connectivity index (χ1v) is 17.2. The summed E-state index contributed by atoms with van der Waals surface area (Å²) in [5.41, 5.74) is 1.20. The van der Waals surface area contributed by atoms with Gasteiger partial charge in [-0.3, -0.25) is 13.9 Å². The lowest BCUT2D eigenvalue weighted by Gasteiger charge is -2.35. The molecule has 0 aromatic heterocycles. The first-order valence-electron chi connectivity index (χ1n) is 14.6. The van der Waals surface area contributed by atoms with E-state index in [0.717, 1.165) is 19.9 Å². The number of halogens is 2. The molecule has 4 rings (SSSR count). The van der Waals surface area contributed by atoms with Crippen LogP contribution in [0.3, 0.4) is 0 Å². The number of carbonyl (C=O) groups is 2. The zero-order valence-corrected chi connectivity index (χ0v) is 29.3. The van der Waals surface area contributed by atoms with Gasteiger partial charge in [0.15, 0.2) is 0 Å². The lowest BCUT2D eigenvalue weighted by atomic mass is 10.0. The Bertz CT molecular complexity index is 1750. The average molecular weight is 727 g/mol. The number of nitrogens with zero attached hydrogens (tertiary/aromatic N) is 2. The Morgan fingerprint density at radius 3 is 2.07 bits per heavy atom. The van der Waals surface area contributed by atoms with Gasteiger partial charge in [0.1, 0.15) is 18.3 Å². The van der Waals surface area contributed by atoms with Crippen molar-refractivity contribution in [3.05, 3.63) is 124 Å². The van der Waals surface area contributed by atoms with Gasteiger partial charge in [-0.05, 0) is 74.4 Å². The minimum Gasteiger partial charge on any atom is -0.495 e. The van der Waals surface area contributed by atoms with E-state index in [1.54, 1.807) is 24.3 Å². The van der Waals surface area contributed by atoms with Crippen molar-refractivity contribution in [1.82, 2.24) is 10.2 Å². The molecule has 4 aromatic rings. The number of sulfonamides is 1. The SMILES string of the molecule is COc1ccc(N(CC(=O)N(Cc2ccc(Br)cc2)[C@@H](Cc2ccccc2)C(=O)NC(C)(C)C)S(=O)(=O)c2ccccc2)cc1Cl. The number of rotatable bonds is 12. The second-order valence-electron chi connectivity index (χ2n) is 11.7. The maximum Gasteiger partial charge on any atom is 0.264 e. The minimum absolute atomic E-state index is 0.000473. The highest BCUT2D eigenvalue weighted by atomic mass is 79.9. The third kappa shape index (κ3) is 9.11. The molecule has 0 aliphatic carbocycles. The van der Waals surface area contributed by atoms with E-state index in [1.165, 1.54) is 36.3 Å². The van der Waals surface area contributed by atoms with Gasteiger partial charge in [0, 0.05) is 23.0 Å². The van der Waals surface area contributed by atoms with Crippen LogP contribution >= 0.6 is 27.5 Å². The third-order valence-corrected chi connectivity index (χ3v) is 9.68. The molecule has 11 heteroatoms. The zero-order valence-electron chi connectivity index (χ0n) is 26.1. The number of hydrogen-bond acceptors (Lipinski definition) is 5. The Hall–Kier alpha value is -3.86. The van der Waals surface area contributed by atoms with Crippen molar-refractivity contribution in [3.8, 4) is 5.75 Å². The molecule has 0 saturated heterocycles. The zero-order chi connectivity index (χ0) is 33.5. The fraction of sp³-hybridized carbons (Fsp3) is 0.257. The number of benzene rings is 4. The van der Waals surface area contributed by atoms with Crippen LogP contribution in [0.5, 0.6) is 5.75 Å². The van der Waals surface area contributed by atoms with Gasteiger partial charge in [-0.15, -0.1) is 0 Å². The van der Waals surface area contributed by atoms with Gasteiger partial charge < -0.3 is 15.0 Å². The fourth-order valence-electron chi connectivity index (χ4n) is 4.85. The Morgan fingerprint density at radius 1 is 0.891 bits per heavy atom. The van der Waals surface area contributed by atoms with Crippen LogP contribution < -0.4 is 14.4 Å². The van der Waals surface area contributed by atoms with Crippen molar-refractivity contribution in [2.45, 2.75) is 50.2 Å². The predicted octanol–water partition coefficient (Wildman–Crippen LogP) is 6.86. The summed E-state index contributed by atoms with van der Waals surface area (Å²) in [5, 5.41) is 3.21. The minimum atomic E-state index is -4.25. The van der Waals surface area contributed by atoms with E-state index in [0.29, 0.717) is 5.75 Å². The molecule has 0 unspecified atom stereocenters. The van der Waals surface area contributed by atoms with Gasteiger partial charge in [-0.1, -0.05) is 88.2 Å². The maximum absolute atomic E-state index is 14.6. The van der Waals surface area contributed by atoms with Crippen molar-refractivity contribution < 1.29 is 22.7 Å². The van der Waals surface area contributed by atoms with Crippen LogP contribution in [0.15, 0.2) is 112 Å². The lowest BCUT2D eigenvalue weighted by molar-refractivity contribution is -0.140. The standard InChI is InChI=1S/C35H37BrClN3O5S/c1-35(2,3)38-34(42)31(21-25-11-7-5-8-12-25)39(23-26-15-17-27(36)18-16-26)33(41)24-40(28-19-20-32(45-4)30(37)22-28)46(43,44)29-13-9-6-10-14-29/h5-20,22,31H,21,23-24H2,1-4H3,(H,38,42)/t31-/m0/s1. The van der Waals surface area contributed by atoms with E-state index in [1.807, 2.05) is 75.4 Å². The Balaban J connectivity index is 1.83. The number of amides is 2. The van der Waals surface area contributed by atoms with E-state index >= 15 is 0 Å². The topological polar surface area (TPSA) is 96.0 Å².